The molecule has 2 N–H and O–H groups in total. The van der Waals surface area contributed by atoms with Crippen LogP contribution in [0.3, 0.4) is 0 Å². The quantitative estimate of drug-likeness (QED) is 0.451. The van der Waals surface area contributed by atoms with E-state index in [1.165, 1.54) is 44.9 Å². The molecule has 0 aromatic heterocycles. The van der Waals surface area contributed by atoms with Crippen LogP contribution in [0.4, 0.5) is 0 Å². The van der Waals surface area contributed by atoms with Gasteiger partial charge in [0, 0.05) is 26.3 Å². The van der Waals surface area contributed by atoms with Crippen molar-refractivity contribution < 1.29 is 10.2 Å². The SMILES string of the molecule is CCCCCCCCCC=CN(CCCO)CCCO. The highest BCUT2D eigenvalue weighted by Crippen LogP contribution is 2.09. The van der Waals surface area contributed by atoms with E-state index in [-0.39, 0.29) is 13.2 Å². The molecule has 3 nitrogen and oxygen atoms in total. The molecular weight excluding hydrogens is 250 g/mol. The molecule has 0 spiro atoms. The van der Waals surface area contributed by atoms with Gasteiger partial charge in [-0.2, -0.15) is 0 Å². The predicted molar refractivity (Wildman–Crippen MR) is 86.7 cm³/mol. The highest BCUT2D eigenvalue weighted by atomic mass is 16.3. The maximum absolute atomic E-state index is 8.87. The van der Waals surface area contributed by atoms with E-state index in [1.54, 1.807) is 0 Å². The van der Waals surface area contributed by atoms with Crippen molar-refractivity contribution in [2.45, 2.75) is 71.1 Å². The minimum atomic E-state index is 0.237. The Kier molecular flexibility index (Phi) is 16.1. The van der Waals surface area contributed by atoms with Gasteiger partial charge in [0.1, 0.15) is 0 Å². The molecule has 0 radical (unpaired) electrons. The zero-order valence-electron chi connectivity index (χ0n) is 13.4. The van der Waals surface area contributed by atoms with Crippen molar-refractivity contribution >= 4 is 0 Å². The lowest BCUT2D eigenvalue weighted by atomic mass is 10.1. The van der Waals surface area contributed by atoms with E-state index in [0.29, 0.717) is 0 Å². The molecule has 0 aliphatic carbocycles. The molecule has 0 saturated carbocycles. The van der Waals surface area contributed by atoms with Gasteiger partial charge in [-0.05, 0) is 31.9 Å². The van der Waals surface area contributed by atoms with E-state index in [4.69, 9.17) is 10.2 Å². The third kappa shape index (κ3) is 13.9. The number of unbranched alkanes of at least 4 members (excludes halogenated alkanes) is 7. The molecule has 0 bridgehead atoms. The lowest BCUT2D eigenvalue weighted by Crippen LogP contribution is -2.21. The first kappa shape index (κ1) is 19.5. The lowest BCUT2D eigenvalue weighted by molar-refractivity contribution is 0.236. The summed E-state index contributed by atoms with van der Waals surface area (Å²) < 4.78 is 0. The number of nitrogens with zero attached hydrogens (tertiary/aromatic N) is 1. The Labute approximate surface area is 125 Å². The van der Waals surface area contributed by atoms with Crippen LogP contribution in [0.1, 0.15) is 71.1 Å². The topological polar surface area (TPSA) is 43.7 Å². The Hall–Kier alpha value is -0.540. The molecule has 120 valence electrons. The van der Waals surface area contributed by atoms with Crippen molar-refractivity contribution in [1.29, 1.82) is 0 Å². The van der Waals surface area contributed by atoms with Gasteiger partial charge in [0.25, 0.3) is 0 Å². The smallest absolute Gasteiger partial charge is 0.0447 e. The number of aliphatic hydroxyl groups is 2. The van der Waals surface area contributed by atoms with Crippen LogP contribution in [0.2, 0.25) is 0 Å². The van der Waals surface area contributed by atoms with Crippen molar-refractivity contribution in [3.8, 4) is 0 Å². The van der Waals surface area contributed by atoms with Crippen molar-refractivity contribution in [3.05, 3.63) is 12.3 Å². The van der Waals surface area contributed by atoms with Crippen LogP contribution in [0.25, 0.3) is 0 Å². The molecule has 0 aromatic rings. The molecule has 20 heavy (non-hydrogen) atoms. The zero-order valence-corrected chi connectivity index (χ0v) is 13.4. The monoisotopic (exact) mass is 285 g/mol. The summed E-state index contributed by atoms with van der Waals surface area (Å²) in [7, 11) is 0. The molecule has 0 aliphatic rings. The van der Waals surface area contributed by atoms with Gasteiger partial charge in [-0.15, -0.1) is 0 Å². The van der Waals surface area contributed by atoms with E-state index in [1.807, 2.05) is 0 Å². The van der Waals surface area contributed by atoms with Gasteiger partial charge in [0.2, 0.25) is 0 Å². The molecule has 0 fully saturated rings. The van der Waals surface area contributed by atoms with Gasteiger partial charge >= 0.3 is 0 Å². The standard InChI is InChI=1S/C17H35NO2/c1-2-3-4-5-6-7-8-9-10-13-18(14-11-16-19)15-12-17-20/h10,13,19-20H,2-9,11-12,14-17H2,1H3. The largest absolute Gasteiger partial charge is 0.396 e. The molecule has 0 aliphatic heterocycles. The van der Waals surface area contributed by atoms with E-state index in [2.05, 4.69) is 24.1 Å². The number of hydrogen-bond acceptors (Lipinski definition) is 3. The van der Waals surface area contributed by atoms with Crippen molar-refractivity contribution in [2.24, 2.45) is 0 Å². The second-order valence-corrected chi connectivity index (χ2v) is 5.49. The van der Waals surface area contributed by atoms with Crippen molar-refractivity contribution in [1.82, 2.24) is 4.90 Å². The van der Waals surface area contributed by atoms with Crippen LogP contribution < -0.4 is 0 Å². The second kappa shape index (κ2) is 16.5. The molecule has 0 unspecified atom stereocenters. The van der Waals surface area contributed by atoms with Crippen LogP contribution in [-0.2, 0) is 0 Å². The summed E-state index contributed by atoms with van der Waals surface area (Å²) in [4.78, 5) is 2.20. The number of hydrogen-bond donors (Lipinski definition) is 2. The minimum Gasteiger partial charge on any atom is -0.396 e. The van der Waals surface area contributed by atoms with Crippen LogP contribution in [0.15, 0.2) is 12.3 Å². The summed E-state index contributed by atoms with van der Waals surface area (Å²) in [5.74, 6) is 0. The lowest BCUT2D eigenvalue weighted by Gasteiger charge is -2.19. The van der Waals surface area contributed by atoms with Crippen LogP contribution in [0.5, 0.6) is 0 Å². The summed E-state index contributed by atoms with van der Waals surface area (Å²) >= 11 is 0. The fourth-order valence-corrected chi connectivity index (χ4v) is 2.25. The molecule has 0 atom stereocenters. The maximum atomic E-state index is 8.87. The Morgan fingerprint density at radius 3 is 1.85 bits per heavy atom. The average molecular weight is 285 g/mol. The molecule has 0 heterocycles. The van der Waals surface area contributed by atoms with E-state index in [0.717, 1.165) is 32.4 Å². The van der Waals surface area contributed by atoms with Crippen molar-refractivity contribution in [2.75, 3.05) is 26.3 Å². The molecule has 0 rings (SSSR count). The van der Waals surface area contributed by atoms with Crippen LogP contribution in [-0.4, -0.2) is 41.4 Å². The number of aliphatic hydroxyl groups excluding tert-OH is 2. The Balaban J connectivity index is 3.55. The predicted octanol–water partition coefficient (Wildman–Crippen LogP) is 3.71. The summed E-state index contributed by atoms with van der Waals surface area (Å²) in [5, 5.41) is 17.7. The molecule has 0 saturated heterocycles. The molecule has 3 heteroatoms. The Morgan fingerprint density at radius 2 is 1.30 bits per heavy atom. The summed E-state index contributed by atoms with van der Waals surface area (Å²) in [6, 6.07) is 0. The normalized spacial score (nSPS) is 11.3. The average Bonchev–Trinajstić information content (AvgIpc) is 2.47. The minimum absolute atomic E-state index is 0.237. The van der Waals surface area contributed by atoms with Crippen LogP contribution >= 0.6 is 0 Å². The highest BCUT2D eigenvalue weighted by Gasteiger charge is 1.98. The van der Waals surface area contributed by atoms with Gasteiger partial charge in [0.05, 0.1) is 0 Å². The van der Waals surface area contributed by atoms with Gasteiger partial charge < -0.3 is 15.1 Å². The summed E-state index contributed by atoms with van der Waals surface area (Å²) in [6.45, 7) is 4.49. The third-order valence-corrected chi connectivity index (χ3v) is 3.50. The first-order chi connectivity index (χ1) is 9.85. The van der Waals surface area contributed by atoms with Gasteiger partial charge in [-0.3, -0.25) is 0 Å². The van der Waals surface area contributed by atoms with E-state index < -0.39 is 0 Å². The zero-order chi connectivity index (χ0) is 14.9. The molecular formula is C17H35NO2. The summed E-state index contributed by atoms with van der Waals surface area (Å²) in [6.07, 6.45) is 16.6. The third-order valence-electron chi connectivity index (χ3n) is 3.50. The molecule has 0 aromatic carbocycles. The fraction of sp³-hybridized carbons (Fsp3) is 0.882. The Morgan fingerprint density at radius 1 is 0.750 bits per heavy atom. The Bertz CT molecular complexity index is 199. The first-order valence-electron chi connectivity index (χ1n) is 8.47. The highest BCUT2D eigenvalue weighted by molar-refractivity contribution is 4.82. The molecule has 0 amide bonds. The fourth-order valence-electron chi connectivity index (χ4n) is 2.25. The van der Waals surface area contributed by atoms with E-state index >= 15 is 0 Å². The maximum Gasteiger partial charge on any atom is 0.0447 e. The van der Waals surface area contributed by atoms with Gasteiger partial charge in [0.15, 0.2) is 0 Å². The second-order valence-electron chi connectivity index (χ2n) is 5.49. The first-order valence-corrected chi connectivity index (χ1v) is 8.47. The van der Waals surface area contributed by atoms with Crippen LogP contribution in [0, 0.1) is 0 Å². The van der Waals surface area contributed by atoms with Crippen molar-refractivity contribution in [3.63, 3.8) is 0 Å². The number of allylic oxidation sites excluding steroid dienone is 1. The summed E-state index contributed by atoms with van der Waals surface area (Å²) in [5.41, 5.74) is 0. The van der Waals surface area contributed by atoms with Gasteiger partial charge in [-0.1, -0.05) is 51.5 Å². The van der Waals surface area contributed by atoms with E-state index in [9.17, 15) is 0 Å². The van der Waals surface area contributed by atoms with Gasteiger partial charge in [-0.25, -0.2) is 0 Å². The number of rotatable bonds is 15.